The first-order valence-electron chi connectivity index (χ1n) is 10.2. The summed E-state index contributed by atoms with van der Waals surface area (Å²) in [5.74, 6) is -0.166. The Morgan fingerprint density at radius 2 is 1.88 bits per heavy atom. The largest absolute Gasteiger partial charge is 0.349 e. The molecule has 0 aliphatic rings. The van der Waals surface area contributed by atoms with Crippen LogP contribution in [-0.4, -0.2) is 36.4 Å². The van der Waals surface area contributed by atoms with Crippen LogP contribution in [-0.2, 0) is 4.79 Å². The second-order valence-electron chi connectivity index (χ2n) is 7.74. The molecular formula is C23H20N6O2S2. The summed E-state index contributed by atoms with van der Waals surface area (Å²) >= 11 is 2.52. The van der Waals surface area contributed by atoms with Gasteiger partial charge in [-0.1, -0.05) is 47.4 Å². The lowest BCUT2D eigenvalue weighted by atomic mass is 10.1. The number of rotatable bonds is 5. The molecule has 8 nitrogen and oxygen atoms in total. The lowest BCUT2D eigenvalue weighted by Gasteiger charge is -2.13. The summed E-state index contributed by atoms with van der Waals surface area (Å²) in [4.78, 5) is 34.2. The molecule has 0 aliphatic carbocycles. The highest BCUT2D eigenvalue weighted by molar-refractivity contribution is 7.99. The molecule has 166 valence electrons. The Morgan fingerprint density at radius 3 is 2.61 bits per heavy atom. The summed E-state index contributed by atoms with van der Waals surface area (Å²) in [6, 6.07) is 13.6. The number of para-hydroxylation sites is 1. The third-order valence-electron chi connectivity index (χ3n) is 5.06. The van der Waals surface area contributed by atoms with Gasteiger partial charge < -0.3 is 4.98 Å². The molecule has 2 N–H and O–H groups in total. The van der Waals surface area contributed by atoms with E-state index in [4.69, 9.17) is 4.98 Å². The number of fused-ring (bicyclic) bond motifs is 3. The lowest BCUT2D eigenvalue weighted by Crippen LogP contribution is -2.23. The van der Waals surface area contributed by atoms with Crippen molar-refractivity contribution in [3.8, 4) is 5.69 Å². The van der Waals surface area contributed by atoms with E-state index in [1.54, 1.807) is 4.57 Å². The molecule has 5 rings (SSSR count). The second-order valence-corrected chi connectivity index (χ2v) is 9.86. The normalized spacial score (nSPS) is 11.4. The molecular weight excluding hydrogens is 456 g/mol. The minimum absolute atomic E-state index is 0.0731. The number of carbonyl (C=O) groups excluding carboxylic acids is 1. The average Bonchev–Trinajstić information content (AvgIpc) is 3.35. The molecule has 0 aliphatic heterocycles. The van der Waals surface area contributed by atoms with Crippen molar-refractivity contribution in [2.24, 2.45) is 0 Å². The zero-order chi connectivity index (χ0) is 23.1. The molecule has 0 spiro atoms. The highest BCUT2D eigenvalue weighted by Gasteiger charge is 2.19. The van der Waals surface area contributed by atoms with E-state index in [9.17, 15) is 9.59 Å². The van der Waals surface area contributed by atoms with E-state index in [0.29, 0.717) is 27.0 Å². The Hall–Kier alpha value is -3.50. The molecule has 0 radical (unpaired) electrons. The zero-order valence-electron chi connectivity index (χ0n) is 18.2. The van der Waals surface area contributed by atoms with Gasteiger partial charge in [-0.15, -0.1) is 10.2 Å². The minimum atomic E-state index is -0.239. The fourth-order valence-electron chi connectivity index (χ4n) is 3.78. The third-order valence-corrected chi connectivity index (χ3v) is 6.76. The first-order valence-corrected chi connectivity index (χ1v) is 12.0. The van der Waals surface area contributed by atoms with Crippen molar-refractivity contribution in [3.05, 3.63) is 69.0 Å². The summed E-state index contributed by atoms with van der Waals surface area (Å²) in [6.45, 7) is 5.80. The first kappa shape index (κ1) is 21.4. The van der Waals surface area contributed by atoms with Crippen LogP contribution in [0.5, 0.6) is 0 Å². The van der Waals surface area contributed by atoms with Crippen LogP contribution in [0.4, 0.5) is 5.13 Å². The molecule has 0 unspecified atom stereocenters. The maximum absolute atomic E-state index is 13.6. The number of anilines is 1. The highest BCUT2D eigenvalue weighted by Crippen LogP contribution is 2.27. The van der Waals surface area contributed by atoms with Crippen LogP contribution in [0.3, 0.4) is 0 Å². The summed E-state index contributed by atoms with van der Waals surface area (Å²) in [6.07, 6.45) is 0. The van der Waals surface area contributed by atoms with E-state index in [1.165, 1.54) is 23.1 Å². The number of thioether (sulfide) groups is 1. The van der Waals surface area contributed by atoms with Crippen LogP contribution in [0.2, 0.25) is 0 Å². The molecule has 3 aromatic heterocycles. The molecule has 3 heterocycles. The maximum Gasteiger partial charge on any atom is 0.283 e. The Labute approximate surface area is 197 Å². The zero-order valence-corrected chi connectivity index (χ0v) is 19.8. The first-order chi connectivity index (χ1) is 15.9. The molecule has 0 saturated carbocycles. The number of aromatic nitrogens is 5. The topological polar surface area (TPSA) is 106 Å². The molecule has 0 bridgehead atoms. The Balaban J connectivity index is 1.60. The standard InChI is InChI=1S/C23H20N6O2S2/c1-12-8-13(2)10-15(9-12)29-21(31)20-19(16-6-4-5-7-17(16)24-20)26-23(29)32-11-18(30)25-22-28-27-14(3)33-22/h4-10,24H,11H2,1-3H3,(H,25,28,30). The summed E-state index contributed by atoms with van der Waals surface area (Å²) in [5.41, 5.74) is 4.46. The maximum atomic E-state index is 13.6. The molecule has 5 aromatic rings. The van der Waals surface area contributed by atoms with Crippen LogP contribution in [0.1, 0.15) is 16.1 Å². The number of aryl methyl sites for hydroxylation is 3. The number of amides is 1. The van der Waals surface area contributed by atoms with Crippen LogP contribution >= 0.6 is 23.1 Å². The van der Waals surface area contributed by atoms with Crippen molar-refractivity contribution in [2.75, 3.05) is 11.1 Å². The van der Waals surface area contributed by atoms with Crippen LogP contribution in [0.25, 0.3) is 27.6 Å². The quantitative estimate of drug-likeness (QED) is 0.288. The summed E-state index contributed by atoms with van der Waals surface area (Å²) in [5, 5.41) is 13.1. The van der Waals surface area contributed by atoms with Gasteiger partial charge in [-0.25, -0.2) is 4.98 Å². The fraction of sp³-hybridized carbons (Fsp3) is 0.174. The minimum Gasteiger partial charge on any atom is -0.349 e. The SMILES string of the molecule is Cc1cc(C)cc(-n2c(SCC(=O)Nc3nnc(C)s3)nc3c([nH]c4ccccc43)c2=O)c1. The predicted octanol–water partition coefficient (Wildman–Crippen LogP) is 4.37. The Bertz CT molecular complexity index is 1560. The summed E-state index contributed by atoms with van der Waals surface area (Å²) in [7, 11) is 0. The lowest BCUT2D eigenvalue weighted by molar-refractivity contribution is -0.113. The molecule has 0 atom stereocenters. The number of nitrogens with zero attached hydrogens (tertiary/aromatic N) is 4. The van der Waals surface area contributed by atoms with Gasteiger partial charge >= 0.3 is 0 Å². The number of nitrogens with one attached hydrogen (secondary N) is 2. The van der Waals surface area contributed by atoms with Crippen LogP contribution < -0.4 is 10.9 Å². The van der Waals surface area contributed by atoms with Gasteiger partial charge in [0.25, 0.3) is 5.56 Å². The highest BCUT2D eigenvalue weighted by atomic mass is 32.2. The van der Waals surface area contributed by atoms with Gasteiger partial charge in [-0.05, 0) is 50.1 Å². The van der Waals surface area contributed by atoms with E-state index in [0.717, 1.165) is 27.0 Å². The van der Waals surface area contributed by atoms with Gasteiger partial charge in [0.15, 0.2) is 5.16 Å². The van der Waals surface area contributed by atoms with Crippen molar-refractivity contribution in [3.63, 3.8) is 0 Å². The van der Waals surface area contributed by atoms with E-state index in [-0.39, 0.29) is 17.2 Å². The van der Waals surface area contributed by atoms with Crippen molar-refractivity contribution in [1.82, 2.24) is 24.7 Å². The van der Waals surface area contributed by atoms with Gasteiger partial charge in [-0.2, -0.15) is 0 Å². The van der Waals surface area contributed by atoms with Gasteiger partial charge in [0.05, 0.1) is 11.4 Å². The second kappa shape index (κ2) is 8.45. The van der Waals surface area contributed by atoms with Crippen molar-refractivity contribution >= 4 is 56.1 Å². The van der Waals surface area contributed by atoms with Crippen LogP contribution in [0, 0.1) is 20.8 Å². The predicted molar refractivity (Wildman–Crippen MR) is 133 cm³/mol. The van der Waals surface area contributed by atoms with Crippen molar-refractivity contribution in [1.29, 1.82) is 0 Å². The molecule has 10 heteroatoms. The van der Waals surface area contributed by atoms with Crippen LogP contribution in [0.15, 0.2) is 52.4 Å². The number of hydrogen-bond donors (Lipinski definition) is 2. The van der Waals surface area contributed by atoms with Gasteiger partial charge in [-0.3, -0.25) is 19.5 Å². The molecule has 0 saturated heterocycles. The average molecular weight is 477 g/mol. The van der Waals surface area contributed by atoms with Gasteiger partial charge in [0.1, 0.15) is 16.0 Å². The Kier molecular flexibility index (Phi) is 5.47. The van der Waals surface area contributed by atoms with E-state index >= 15 is 0 Å². The van der Waals surface area contributed by atoms with E-state index < -0.39 is 0 Å². The molecule has 2 aromatic carbocycles. The summed E-state index contributed by atoms with van der Waals surface area (Å²) < 4.78 is 1.57. The van der Waals surface area contributed by atoms with Crippen molar-refractivity contribution in [2.45, 2.75) is 25.9 Å². The van der Waals surface area contributed by atoms with Gasteiger partial charge in [0, 0.05) is 10.9 Å². The number of H-pyrrole nitrogens is 1. The number of aromatic amines is 1. The van der Waals surface area contributed by atoms with Gasteiger partial charge in [0.2, 0.25) is 11.0 Å². The Morgan fingerprint density at radius 1 is 1.12 bits per heavy atom. The fourth-order valence-corrected chi connectivity index (χ4v) is 5.19. The third kappa shape index (κ3) is 4.14. The van der Waals surface area contributed by atoms with E-state index in [2.05, 4.69) is 20.5 Å². The monoisotopic (exact) mass is 476 g/mol. The number of hydrogen-bond acceptors (Lipinski definition) is 7. The number of carbonyl (C=O) groups is 1. The number of benzene rings is 2. The molecule has 33 heavy (non-hydrogen) atoms. The smallest absolute Gasteiger partial charge is 0.283 e. The molecule has 1 amide bonds. The molecule has 0 fully saturated rings. The van der Waals surface area contributed by atoms with E-state index in [1.807, 2.05) is 63.2 Å². The van der Waals surface area contributed by atoms with Crippen molar-refractivity contribution < 1.29 is 4.79 Å².